The van der Waals surface area contributed by atoms with Crippen LogP contribution >= 0.6 is 0 Å². The van der Waals surface area contributed by atoms with E-state index in [4.69, 9.17) is 4.74 Å². The first-order chi connectivity index (χ1) is 8.30. The zero-order valence-electron chi connectivity index (χ0n) is 10.4. The molecule has 3 rings (SSSR count). The van der Waals surface area contributed by atoms with Gasteiger partial charge in [-0.2, -0.15) is 0 Å². The highest BCUT2D eigenvalue weighted by Crippen LogP contribution is 2.34. The van der Waals surface area contributed by atoms with Crippen molar-refractivity contribution < 1.29 is 9.53 Å². The molecule has 96 valence electrons. The second-order valence-electron chi connectivity index (χ2n) is 5.71. The van der Waals surface area contributed by atoms with Gasteiger partial charge in [0, 0.05) is 19.8 Å². The summed E-state index contributed by atoms with van der Waals surface area (Å²) in [6.07, 6.45) is 6.74. The van der Waals surface area contributed by atoms with E-state index in [1.54, 1.807) is 0 Å². The summed E-state index contributed by atoms with van der Waals surface area (Å²) < 4.78 is 5.37. The lowest BCUT2D eigenvalue weighted by Gasteiger charge is -2.22. The normalized spacial score (nSPS) is 31.9. The zero-order valence-corrected chi connectivity index (χ0v) is 10.4. The van der Waals surface area contributed by atoms with Gasteiger partial charge in [-0.05, 0) is 31.6 Å². The second-order valence-corrected chi connectivity index (χ2v) is 5.71. The highest BCUT2D eigenvalue weighted by molar-refractivity contribution is 5.88. The Balaban J connectivity index is 1.53. The molecule has 0 aromatic heterocycles. The van der Waals surface area contributed by atoms with Crippen LogP contribution in [0.3, 0.4) is 0 Å². The van der Waals surface area contributed by atoms with E-state index in [1.165, 1.54) is 19.3 Å². The third kappa shape index (κ3) is 2.08. The maximum Gasteiger partial charge on any atom is 0.243 e. The molecule has 0 aromatic carbocycles. The number of nitrogens with zero attached hydrogens (tertiary/aromatic N) is 1. The van der Waals surface area contributed by atoms with Crippen LogP contribution in [-0.2, 0) is 9.53 Å². The van der Waals surface area contributed by atoms with Crippen LogP contribution < -0.4 is 5.32 Å². The SMILES string of the molecule is O=C1N(CCC2CCOC2)CNC12CCCC2. The Morgan fingerprint density at radius 3 is 2.94 bits per heavy atom. The highest BCUT2D eigenvalue weighted by Gasteiger charge is 2.47. The van der Waals surface area contributed by atoms with Crippen LogP contribution in [0.4, 0.5) is 0 Å². The van der Waals surface area contributed by atoms with Gasteiger partial charge < -0.3 is 9.64 Å². The average molecular weight is 238 g/mol. The summed E-state index contributed by atoms with van der Waals surface area (Å²) in [5.41, 5.74) is -0.174. The van der Waals surface area contributed by atoms with Crippen LogP contribution in [0.25, 0.3) is 0 Å². The molecule has 17 heavy (non-hydrogen) atoms. The van der Waals surface area contributed by atoms with Crippen molar-refractivity contribution in [2.45, 2.75) is 44.1 Å². The van der Waals surface area contributed by atoms with E-state index in [0.717, 1.165) is 45.7 Å². The van der Waals surface area contributed by atoms with Crippen molar-refractivity contribution in [3.8, 4) is 0 Å². The van der Waals surface area contributed by atoms with Crippen LogP contribution in [0.2, 0.25) is 0 Å². The predicted octanol–water partition coefficient (Wildman–Crippen LogP) is 1.12. The average Bonchev–Trinajstić information content (AvgIpc) is 3.04. The fourth-order valence-corrected chi connectivity index (χ4v) is 3.40. The zero-order chi connectivity index (χ0) is 11.7. The summed E-state index contributed by atoms with van der Waals surface area (Å²) in [6, 6.07) is 0. The number of amides is 1. The lowest BCUT2D eigenvalue weighted by atomic mass is 9.97. The van der Waals surface area contributed by atoms with Crippen LogP contribution in [-0.4, -0.2) is 42.8 Å². The number of carbonyl (C=O) groups excluding carboxylic acids is 1. The molecular weight excluding hydrogens is 216 g/mol. The Morgan fingerprint density at radius 2 is 2.24 bits per heavy atom. The molecule has 2 heterocycles. The minimum atomic E-state index is -0.174. The molecule has 3 fully saturated rings. The Morgan fingerprint density at radius 1 is 1.41 bits per heavy atom. The van der Waals surface area contributed by atoms with E-state index >= 15 is 0 Å². The van der Waals surface area contributed by atoms with Crippen LogP contribution in [0.5, 0.6) is 0 Å². The van der Waals surface area contributed by atoms with Gasteiger partial charge in [0.05, 0.1) is 12.2 Å². The number of nitrogens with one attached hydrogen (secondary N) is 1. The lowest BCUT2D eigenvalue weighted by molar-refractivity contribution is -0.132. The summed E-state index contributed by atoms with van der Waals surface area (Å²) in [7, 11) is 0. The quantitative estimate of drug-likeness (QED) is 0.801. The maximum atomic E-state index is 12.4. The summed E-state index contributed by atoms with van der Waals surface area (Å²) in [4.78, 5) is 14.4. The fourth-order valence-electron chi connectivity index (χ4n) is 3.40. The molecule has 1 unspecified atom stereocenters. The van der Waals surface area contributed by atoms with Gasteiger partial charge >= 0.3 is 0 Å². The molecule has 1 spiro atoms. The van der Waals surface area contributed by atoms with Gasteiger partial charge in [0.1, 0.15) is 0 Å². The predicted molar refractivity (Wildman–Crippen MR) is 64.5 cm³/mol. The Labute approximate surface area is 103 Å². The maximum absolute atomic E-state index is 12.4. The van der Waals surface area contributed by atoms with Gasteiger partial charge in [-0.15, -0.1) is 0 Å². The molecule has 1 N–H and O–H groups in total. The van der Waals surface area contributed by atoms with E-state index in [0.29, 0.717) is 11.8 Å². The molecule has 2 saturated heterocycles. The molecule has 1 saturated carbocycles. The Bertz CT molecular complexity index is 294. The smallest absolute Gasteiger partial charge is 0.243 e. The lowest BCUT2D eigenvalue weighted by Crippen LogP contribution is -2.44. The largest absolute Gasteiger partial charge is 0.381 e. The molecule has 3 aliphatic rings. The molecule has 1 amide bonds. The van der Waals surface area contributed by atoms with Gasteiger partial charge in [-0.3, -0.25) is 10.1 Å². The van der Waals surface area contributed by atoms with Crippen LogP contribution in [0.1, 0.15) is 38.5 Å². The standard InChI is InChI=1S/C13H22N2O2/c16-12-13(5-1-2-6-13)14-10-15(12)7-3-11-4-8-17-9-11/h11,14H,1-10H2. The van der Waals surface area contributed by atoms with Crippen LogP contribution in [0.15, 0.2) is 0 Å². The van der Waals surface area contributed by atoms with Crippen molar-refractivity contribution in [2.24, 2.45) is 5.92 Å². The number of rotatable bonds is 3. The number of ether oxygens (including phenoxy) is 1. The van der Waals surface area contributed by atoms with Crippen molar-refractivity contribution in [2.75, 3.05) is 26.4 Å². The van der Waals surface area contributed by atoms with Crippen molar-refractivity contribution in [3.63, 3.8) is 0 Å². The first kappa shape index (κ1) is 11.5. The van der Waals surface area contributed by atoms with Gasteiger partial charge in [0.2, 0.25) is 5.91 Å². The molecule has 0 aromatic rings. The molecule has 4 heteroatoms. The van der Waals surface area contributed by atoms with E-state index in [1.807, 2.05) is 4.90 Å². The molecule has 4 nitrogen and oxygen atoms in total. The minimum absolute atomic E-state index is 0.174. The van der Waals surface area contributed by atoms with Crippen molar-refractivity contribution in [1.29, 1.82) is 0 Å². The van der Waals surface area contributed by atoms with Crippen molar-refractivity contribution in [1.82, 2.24) is 10.2 Å². The fraction of sp³-hybridized carbons (Fsp3) is 0.923. The van der Waals surface area contributed by atoms with Gasteiger partial charge in [0.15, 0.2) is 0 Å². The monoisotopic (exact) mass is 238 g/mol. The van der Waals surface area contributed by atoms with E-state index in [2.05, 4.69) is 5.32 Å². The summed E-state index contributed by atoms with van der Waals surface area (Å²) in [6.45, 7) is 3.45. The highest BCUT2D eigenvalue weighted by atomic mass is 16.5. The van der Waals surface area contributed by atoms with Gasteiger partial charge in [-0.1, -0.05) is 12.8 Å². The van der Waals surface area contributed by atoms with E-state index < -0.39 is 0 Å². The van der Waals surface area contributed by atoms with Crippen molar-refractivity contribution in [3.05, 3.63) is 0 Å². The molecule has 2 aliphatic heterocycles. The number of carbonyl (C=O) groups is 1. The topological polar surface area (TPSA) is 41.6 Å². The molecule has 0 bridgehead atoms. The number of hydrogen-bond donors (Lipinski definition) is 1. The van der Waals surface area contributed by atoms with Crippen LogP contribution in [0, 0.1) is 5.92 Å². The first-order valence-corrected chi connectivity index (χ1v) is 6.92. The van der Waals surface area contributed by atoms with E-state index in [9.17, 15) is 4.79 Å². The molecule has 0 radical (unpaired) electrons. The van der Waals surface area contributed by atoms with Crippen molar-refractivity contribution >= 4 is 5.91 Å². The summed E-state index contributed by atoms with van der Waals surface area (Å²) in [5, 5.41) is 3.45. The summed E-state index contributed by atoms with van der Waals surface area (Å²) >= 11 is 0. The molecule has 1 aliphatic carbocycles. The van der Waals surface area contributed by atoms with E-state index in [-0.39, 0.29) is 5.54 Å². The number of hydrogen-bond acceptors (Lipinski definition) is 3. The Hall–Kier alpha value is -0.610. The third-order valence-electron chi connectivity index (χ3n) is 4.59. The second kappa shape index (κ2) is 4.58. The third-order valence-corrected chi connectivity index (χ3v) is 4.59. The first-order valence-electron chi connectivity index (χ1n) is 6.92. The van der Waals surface area contributed by atoms with Gasteiger partial charge in [0.25, 0.3) is 0 Å². The molecule has 1 atom stereocenters. The molecular formula is C13H22N2O2. The minimum Gasteiger partial charge on any atom is -0.381 e. The Kier molecular flexibility index (Phi) is 3.09. The summed E-state index contributed by atoms with van der Waals surface area (Å²) in [5.74, 6) is 1.02. The van der Waals surface area contributed by atoms with Gasteiger partial charge in [-0.25, -0.2) is 0 Å².